The van der Waals surface area contributed by atoms with Crippen LogP contribution in [0.2, 0.25) is 0 Å². The first kappa shape index (κ1) is 16.0. The summed E-state index contributed by atoms with van der Waals surface area (Å²) in [6, 6.07) is 5.53. The Morgan fingerprint density at radius 3 is 2.60 bits per heavy atom. The van der Waals surface area contributed by atoms with Crippen LogP contribution in [0.5, 0.6) is 0 Å². The molecule has 2 rings (SSSR count). The van der Waals surface area contributed by atoms with E-state index in [1.54, 1.807) is 6.07 Å². The number of nitrogens with one attached hydrogen (secondary N) is 1. The Labute approximate surface area is 130 Å². The SMILES string of the molecule is CCNC(c1cc(F)cc(Br)c1)C1CCC(C)C(C)C1. The van der Waals surface area contributed by atoms with Gasteiger partial charge in [-0.3, -0.25) is 0 Å². The van der Waals surface area contributed by atoms with Crippen LogP contribution in [-0.4, -0.2) is 6.54 Å². The Kier molecular flexibility index (Phi) is 5.62. The molecule has 1 aromatic rings. The normalized spacial score (nSPS) is 28.4. The molecule has 4 atom stereocenters. The molecule has 0 amide bonds. The first-order valence-electron chi connectivity index (χ1n) is 7.70. The summed E-state index contributed by atoms with van der Waals surface area (Å²) in [5.74, 6) is 2.02. The van der Waals surface area contributed by atoms with Crippen molar-refractivity contribution < 1.29 is 4.39 Å². The number of rotatable bonds is 4. The summed E-state index contributed by atoms with van der Waals surface area (Å²) >= 11 is 3.41. The second-order valence-corrected chi connectivity index (χ2v) is 7.18. The van der Waals surface area contributed by atoms with Gasteiger partial charge in [0.15, 0.2) is 0 Å². The highest BCUT2D eigenvalue weighted by Crippen LogP contribution is 2.40. The maximum Gasteiger partial charge on any atom is 0.124 e. The van der Waals surface area contributed by atoms with E-state index in [-0.39, 0.29) is 11.9 Å². The molecule has 3 heteroatoms. The number of benzene rings is 1. The minimum absolute atomic E-state index is 0.158. The maximum atomic E-state index is 13.7. The van der Waals surface area contributed by atoms with Gasteiger partial charge in [0, 0.05) is 10.5 Å². The second kappa shape index (κ2) is 7.04. The van der Waals surface area contributed by atoms with Crippen LogP contribution < -0.4 is 5.32 Å². The van der Waals surface area contributed by atoms with Crippen molar-refractivity contribution in [2.45, 2.75) is 46.1 Å². The fraction of sp³-hybridized carbons (Fsp3) is 0.647. The zero-order valence-electron chi connectivity index (χ0n) is 12.6. The van der Waals surface area contributed by atoms with Crippen LogP contribution in [0, 0.1) is 23.6 Å². The fourth-order valence-corrected chi connectivity index (χ4v) is 3.91. The molecule has 0 bridgehead atoms. The summed E-state index contributed by atoms with van der Waals surface area (Å²) in [5.41, 5.74) is 1.07. The maximum absolute atomic E-state index is 13.7. The Balaban J connectivity index is 2.22. The van der Waals surface area contributed by atoms with E-state index in [2.05, 4.69) is 48.1 Å². The minimum Gasteiger partial charge on any atom is -0.310 e. The molecule has 20 heavy (non-hydrogen) atoms. The van der Waals surface area contributed by atoms with Gasteiger partial charge in [-0.25, -0.2) is 4.39 Å². The molecular formula is C17H25BrFN. The van der Waals surface area contributed by atoms with Crippen molar-refractivity contribution in [3.05, 3.63) is 34.1 Å². The van der Waals surface area contributed by atoms with Gasteiger partial charge in [0.05, 0.1) is 0 Å². The molecule has 112 valence electrons. The van der Waals surface area contributed by atoms with E-state index < -0.39 is 0 Å². The van der Waals surface area contributed by atoms with Crippen LogP contribution in [0.25, 0.3) is 0 Å². The highest BCUT2D eigenvalue weighted by atomic mass is 79.9. The highest BCUT2D eigenvalue weighted by molar-refractivity contribution is 9.10. The molecule has 1 aromatic carbocycles. The third-order valence-corrected chi connectivity index (χ3v) is 5.24. The molecule has 1 aliphatic rings. The first-order valence-corrected chi connectivity index (χ1v) is 8.50. The van der Waals surface area contributed by atoms with Crippen LogP contribution in [0.15, 0.2) is 22.7 Å². The average molecular weight is 342 g/mol. The van der Waals surface area contributed by atoms with Crippen LogP contribution in [0.4, 0.5) is 4.39 Å². The van der Waals surface area contributed by atoms with Gasteiger partial charge in [0.2, 0.25) is 0 Å². The largest absolute Gasteiger partial charge is 0.310 e. The van der Waals surface area contributed by atoms with Gasteiger partial charge < -0.3 is 5.32 Å². The molecule has 1 N–H and O–H groups in total. The summed E-state index contributed by atoms with van der Waals surface area (Å²) in [4.78, 5) is 0. The van der Waals surface area contributed by atoms with E-state index in [1.807, 2.05) is 0 Å². The predicted octanol–water partition coefficient (Wildman–Crippen LogP) is 5.31. The summed E-state index contributed by atoms with van der Waals surface area (Å²) < 4.78 is 14.5. The molecule has 0 heterocycles. The first-order chi connectivity index (χ1) is 9.51. The molecule has 1 saturated carbocycles. The Morgan fingerprint density at radius 2 is 2.00 bits per heavy atom. The van der Waals surface area contributed by atoms with Gasteiger partial charge in [0.25, 0.3) is 0 Å². The van der Waals surface area contributed by atoms with E-state index >= 15 is 0 Å². The van der Waals surface area contributed by atoms with Crippen molar-refractivity contribution in [1.82, 2.24) is 5.32 Å². The minimum atomic E-state index is -0.158. The predicted molar refractivity (Wildman–Crippen MR) is 86.2 cm³/mol. The smallest absolute Gasteiger partial charge is 0.124 e. The van der Waals surface area contributed by atoms with Gasteiger partial charge in [-0.05, 0) is 60.9 Å². The zero-order chi connectivity index (χ0) is 14.7. The molecule has 4 unspecified atom stereocenters. The van der Waals surface area contributed by atoms with Gasteiger partial charge >= 0.3 is 0 Å². The molecule has 0 spiro atoms. The lowest BCUT2D eigenvalue weighted by Crippen LogP contribution is -2.33. The van der Waals surface area contributed by atoms with Crippen LogP contribution in [0.1, 0.15) is 51.6 Å². The summed E-state index contributed by atoms with van der Waals surface area (Å²) in [6.45, 7) is 7.73. The van der Waals surface area contributed by atoms with E-state index in [9.17, 15) is 4.39 Å². The van der Waals surface area contributed by atoms with Crippen molar-refractivity contribution in [2.24, 2.45) is 17.8 Å². The lowest BCUT2D eigenvalue weighted by molar-refractivity contribution is 0.172. The Hall–Kier alpha value is -0.410. The average Bonchev–Trinajstić information content (AvgIpc) is 2.38. The molecular weight excluding hydrogens is 317 g/mol. The molecule has 1 nitrogen and oxygen atoms in total. The van der Waals surface area contributed by atoms with E-state index in [4.69, 9.17) is 0 Å². The van der Waals surface area contributed by atoms with Gasteiger partial charge in [0.1, 0.15) is 5.82 Å². The monoisotopic (exact) mass is 341 g/mol. The molecule has 0 saturated heterocycles. The van der Waals surface area contributed by atoms with Crippen molar-refractivity contribution in [1.29, 1.82) is 0 Å². The quantitative estimate of drug-likeness (QED) is 0.782. The van der Waals surface area contributed by atoms with E-state index in [0.717, 1.165) is 28.4 Å². The third-order valence-electron chi connectivity index (χ3n) is 4.78. The molecule has 1 fully saturated rings. The van der Waals surface area contributed by atoms with Gasteiger partial charge in [-0.2, -0.15) is 0 Å². The molecule has 0 radical (unpaired) electrons. The van der Waals surface area contributed by atoms with Crippen molar-refractivity contribution >= 4 is 15.9 Å². The van der Waals surface area contributed by atoms with Gasteiger partial charge in [-0.15, -0.1) is 0 Å². The number of halogens is 2. The summed E-state index contributed by atoms with van der Waals surface area (Å²) in [6.07, 6.45) is 3.74. The fourth-order valence-electron chi connectivity index (χ4n) is 3.42. The molecule has 0 aromatic heterocycles. The molecule has 0 aliphatic heterocycles. The standard InChI is InChI=1S/C17H25BrFN/c1-4-20-17(13-6-5-11(2)12(3)7-13)14-8-15(18)10-16(19)9-14/h8-13,17,20H,4-7H2,1-3H3. The van der Waals surface area contributed by atoms with Crippen molar-refractivity contribution in [3.8, 4) is 0 Å². The molecule has 1 aliphatic carbocycles. The topological polar surface area (TPSA) is 12.0 Å². The van der Waals surface area contributed by atoms with Crippen molar-refractivity contribution in [3.63, 3.8) is 0 Å². The highest BCUT2D eigenvalue weighted by Gasteiger charge is 2.30. The van der Waals surface area contributed by atoms with Crippen LogP contribution >= 0.6 is 15.9 Å². The lowest BCUT2D eigenvalue weighted by Gasteiger charge is -2.37. The summed E-state index contributed by atoms with van der Waals surface area (Å²) in [7, 11) is 0. The third kappa shape index (κ3) is 3.82. The second-order valence-electron chi connectivity index (χ2n) is 6.27. The zero-order valence-corrected chi connectivity index (χ0v) is 14.2. The number of hydrogen-bond acceptors (Lipinski definition) is 1. The van der Waals surface area contributed by atoms with E-state index in [0.29, 0.717) is 5.92 Å². The Morgan fingerprint density at radius 1 is 1.25 bits per heavy atom. The van der Waals surface area contributed by atoms with E-state index in [1.165, 1.54) is 25.3 Å². The Bertz CT molecular complexity index is 428. The van der Waals surface area contributed by atoms with Crippen LogP contribution in [0.3, 0.4) is 0 Å². The van der Waals surface area contributed by atoms with Crippen LogP contribution in [-0.2, 0) is 0 Å². The van der Waals surface area contributed by atoms with Crippen molar-refractivity contribution in [2.75, 3.05) is 6.54 Å². The lowest BCUT2D eigenvalue weighted by atomic mass is 9.72. The number of hydrogen-bond donors (Lipinski definition) is 1. The summed E-state index contributed by atoms with van der Waals surface area (Å²) in [5, 5.41) is 3.57. The van der Waals surface area contributed by atoms with Gasteiger partial charge in [-0.1, -0.05) is 43.1 Å².